The summed E-state index contributed by atoms with van der Waals surface area (Å²) in [6.07, 6.45) is 0. The second kappa shape index (κ2) is 7.53. The van der Waals surface area contributed by atoms with Crippen LogP contribution in [0.2, 0.25) is 0 Å². The average Bonchev–Trinajstić information content (AvgIpc) is 3.21. The summed E-state index contributed by atoms with van der Waals surface area (Å²) >= 11 is 1.43. The van der Waals surface area contributed by atoms with E-state index in [9.17, 15) is 14.0 Å². The molecule has 0 saturated carbocycles. The maximum atomic E-state index is 12.9. The molecule has 2 heterocycles. The lowest BCUT2D eigenvalue weighted by Gasteiger charge is -2.10. The molecular weight excluding hydrogens is 355 g/mol. The zero-order chi connectivity index (χ0) is 18.7. The molecule has 0 aliphatic heterocycles. The van der Waals surface area contributed by atoms with Gasteiger partial charge >= 0.3 is 5.97 Å². The molecule has 0 bridgehead atoms. The number of benzene rings is 1. The number of amides is 1. The highest BCUT2D eigenvalue weighted by molar-refractivity contribution is 7.13. The van der Waals surface area contributed by atoms with Gasteiger partial charge in [0.05, 0.1) is 5.56 Å². The molecular formula is C19H17FN2O3S. The van der Waals surface area contributed by atoms with Crippen molar-refractivity contribution in [3.8, 4) is 5.00 Å². The number of aryl methyl sites for hydroxylation is 2. The minimum Gasteiger partial charge on any atom is -0.452 e. The highest BCUT2D eigenvalue weighted by atomic mass is 32.1. The Morgan fingerprint density at radius 1 is 1.08 bits per heavy atom. The van der Waals surface area contributed by atoms with Crippen molar-refractivity contribution in [3.05, 3.63) is 70.6 Å². The number of ether oxygens (including phenoxy) is 1. The van der Waals surface area contributed by atoms with Crippen LogP contribution >= 0.6 is 11.3 Å². The summed E-state index contributed by atoms with van der Waals surface area (Å²) in [7, 11) is 0. The molecule has 3 aromatic rings. The third kappa shape index (κ3) is 3.83. The first kappa shape index (κ1) is 17.9. The zero-order valence-corrected chi connectivity index (χ0v) is 15.1. The van der Waals surface area contributed by atoms with E-state index in [-0.39, 0.29) is 0 Å². The van der Waals surface area contributed by atoms with Crippen LogP contribution in [0.3, 0.4) is 0 Å². The van der Waals surface area contributed by atoms with Crippen molar-refractivity contribution in [2.75, 3.05) is 11.9 Å². The van der Waals surface area contributed by atoms with Gasteiger partial charge in [-0.25, -0.2) is 9.18 Å². The number of hydrogen-bond acceptors (Lipinski definition) is 4. The van der Waals surface area contributed by atoms with Gasteiger partial charge in [-0.3, -0.25) is 4.79 Å². The molecule has 26 heavy (non-hydrogen) atoms. The van der Waals surface area contributed by atoms with Crippen molar-refractivity contribution in [3.63, 3.8) is 0 Å². The Morgan fingerprint density at radius 3 is 2.38 bits per heavy atom. The lowest BCUT2D eigenvalue weighted by atomic mass is 10.3. The van der Waals surface area contributed by atoms with Gasteiger partial charge in [0.2, 0.25) is 0 Å². The Hall–Kier alpha value is -2.93. The molecule has 0 aliphatic rings. The number of rotatable bonds is 5. The van der Waals surface area contributed by atoms with Crippen LogP contribution in [-0.2, 0) is 9.53 Å². The van der Waals surface area contributed by atoms with Crippen LogP contribution < -0.4 is 5.32 Å². The first-order valence-corrected chi connectivity index (χ1v) is 8.79. The third-order valence-electron chi connectivity index (χ3n) is 3.80. The summed E-state index contributed by atoms with van der Waals surface area (Å²) in [6.45, 7) is 3.49. The molecule has 0 atom stereocenters. The summed E-state index contributed by atoms with van der Waals surface area (Å²) in [5.41, 5.74) is 2.86. The number of nitrogens with one attached hydrogen (secondary N) is 1. The molecule has 1 N–H and O–H groups in total. The first-order chi connectivity index (χ1) is 12.5. The maximum absolute atomic E-state index is 12.9. The molecule has 0 saturated heterocycles. The topological polar surface area (TPSA) is 60.3 Å². The van der Waals surface area contributed by atoms with E-state index in [0.717, 1.165) is 16.4 Å². The number of carbonyl (C=O) groups excluding carboxylic acids is 2. The highest BCUT2D eigenvalue weighted by Gasteiger charge is 2.19. The number of hydrogen-bond donors (Lipinski definition) is 1. The first-order valence-electron chi connectivity index (χ1n) is 7.91. The van der Waals surface area contributed by atoms with E-state index in [2.05, 4.69) is 5.32 Å². The molecule has 0 radical (unpaired) electrons. The van der Waals surface area contributed by atoms with Crippen molar-refractivity contribution in [2.45, 2.75) is 13.8 Å². The SMILES string of the molecule is Cc1ccc(C)n1-c1sccc1C(=O)OCC(=O)Nc1ccc(F)cc1. The van der Waals surface area contributed by atoms with Crippen LogP contribution in [0.1, 0.15) is 21.7 Å². The van der Waals surface area contributed by atoms with E-state index in [1.54, 1.807) is 6.07 Å². The standard InChI is InChI=1S/C19H17FN2O3S/c1-12-3-4-13(2)22(12)18-16(9-10-26-18)19(24)25-11-17(23)21-15-7-5-14(20)6-8-15/h3-10H,11H2,1-2H3,(H,21,23). The molecule has 134 valence electrons. The number of aromatic nitrogens is 1. The molecule has 2 aromatic heterocycles. The normalized spacial score (nSPS) is 10.6. The summed E-state index contributed by atoms with van der Waals surface area (Å²) in [5.74, 6) is -1.45. The van der Waals surface area contributed by atoms with Crippen molar-refractivity contribution in [2.24, 2.45) is 0 Å². The van der Waals surface area contributed by atoms with E-state index in [1.165, 1.54) is 35.6 Å². The minimum absolute atomic E-state index is 0.394. The molecule has 1 aromatic carbocycles. The highest BCUT2D eigenvalue weighted by Crippen LogP contribution is 2.26. The second-order valence-corrected chi connectivity index (χ2v) is 6.62. The largest absolute Gasteiger partial charge is 0.452 e. The number of anilines is 1. The average molecular weight is 372 g/mol. The minimum atomic E-state index is -0.567. The molecule has 3 rings (SSSR count). The van der Waals surface area contributed by atoms with E-state index in [4.69, 9.17) is 4.74 Å². The van der Waals surface area contributed by atoms with Gasteiger partial charge in [0.1, 0.15) is 10.8 Å². The van der Waals surface area contributed by atoms with Crippen LogP contribution in [0.25, 0.3) is 5.00 Å². The van der Waals surface area contributed by atoms with E-state index >= 15 is 0 Å². The summed E-state index contributed by atoms with van der Waals surface area (Å²) in [5, 5.41) is 5.11. The van der Waals surface area contributed by atoms with Gasteiger partial charge in [0, 0.05) is 17.1 Å². The Bertz CT molecular complexity index is 925. The van der Waals surface area contributed by atoms with Crippen molar-refractivity contribution < 1.29 is 18.7 Å². The molecule has 0 unspecified atom stereocenters. The summed E-state index contributed by atoms with van der Waals surface area (Å²) < 4.78 is 20.0. The van der Waals surface area contributed by atoms with Crippen LogP contribution in [0.5, 0.6) is 0 Å². The van der Waals surface area contributed by atoms with Gasteiger partial charge in [-0.05, 0) is 61.7 Å². The van der Waals surface area contributed by atoms with Crippen LogP contribution in [0.4, 0.5) is 10.1 Å². The predicted molar refractivity (Wildman–Crippen MR) is 98.4 cm³/mol. The number of carbonyl (C=O) groups is 2. The van der Waals surface area contributed by atoms with Gasteiger partial charge in [-0.1, -0.05) is 0 Å². The van der Waals surface area contributed by atoms with Crippen LogP contribution in [-0.4, -0.2) is 23.1 Å². The zero-order valence-electron chi connectivity index (χ0n) is 14.3. The lowest BCUT2D eigenvalue weighted by molar-refractivity contribution is -0.119. The summed E-state index contributed by atoms with van der Waals surface area (Å²) in [4.78, 5) is 24.3. The molecule has 1 amide bonds. The fourth-order valence-corrected chi connectivity index (χ4v) is 3.56. The molecule has 5 nitrogen and oxygen atoms in total. The monoisotopic (exact) mass is 372 g/mol. The van der Waals surface area contributed by atoms with Gasteiger partial charge in [-0.2, -0.15) is 0 Å². The van der Waals surface area contributed by atoms with E-state index in [0.29, 0.717) is 11.3 Å². The van der Waals surface area contributed by atoms with Crippen LogP contribution in [0.15, 0.2) is 47.8 Å². The number of esters is 1. The molecule has 7 heteroatoms. The Balaban J connectivity index is 1.65. The van der Waals surface area contributed by atoms with Gasteiger partial charge < -0.3 is 14.6 Å². The van der Waals surface area contributed by atoms with Gasteiger partial charge in [0.15, 0.2) is 6.61 Å². The number of nitrogens with zero attached hydrogens (tertiary/aromatic N) is 1. The van der Waals surface area contributed by atoms with Gasteiger partial charge in [-0.15, -0.1) is 11.3 Å². The molecule has 0 aliphatic carbocycles. The predicted octanol–water partition coefficient (Wildman–Crippen LogP) is 4.09. The van der Waals surface area contributed by atoms with Crippen LogP contribution in [0, 0.1) is 19.7 Å². The molecule has 0 fully saturated rings. The van der Waals surface area contributed by atoms with Crippen molar-refractivity contribution >= 4 is 28.9 Å². The Labute approximate surface area is 154 Å². The van der Waals surface area contributed by atoms with Crippen molar-refractivity contribution in [1.82, 2.24) is 4.57 Å². The van der Waals surface area contributed by atoms with Gasteiger partial charge in [0.25, 0.3) is 5.91 Å². The third-order valence-corrected chi connectivity index (χ3v) is 4.70. The summed E-state index contributed by atoms with van der Waals surface area (Å²) in [6, 6.07) is 11.0. The molecule has 0 spiro atoms. The fraction of sp³-hybridized carbons (Fsp3) is 0.158. The number of halogens is 1. The second-order valence-electron chi connectivity index (χ2n) is 5.72. The quantitative estimate of drug-likeness (QED) is 0.686. The van der Waals surface area contributed by atoms with E-state index < -0.39 is 24.3 Å². The fourth-order valence-electron chi connectivity index (χ4n) is 2.56. The maximum Gasteiger partial charge on any atom is 0.341 e. The number of thiophene rings is 1. The van der Waals surface area contributed by atoms with E-state index in [1.807, 2.05) is 35.9 Å². The lowest BCUT2D eigenvalue weighted by Crippen LogP contribution is -2.21. The smallest absolute Gasteiger partial charge is 0.341 e. The van der Waals surface area contributed by atoms with Crippen molar-refractivity contribution in [1.29, 1.82) is 0 Å². The Morgan fingerprint density at radius 2 is 1.73 bits per heavy atom. The Kier molecular flexibility index (Phi) is 5.18.